The van der Waals surface area contributed by atoms with Gasteiger partial charge in [-0.2, -0.15) is 9.78 Å². The quantitative estimate of drug-likeness (QED) is 0.145. The van der Waals surface area contributed by atoms with Crippen LogP contribution in [0.1, 0.15) is 11.7 Å². The maximum atomic E-state index is 12.7. The molecule has 0 aliphatic rings. The second kappa shape index (κ2) is 12.9. The van der Waals surface area contributed by atoms with Gasteiger partial charge in [0.05, 0.1) is 55.0 Å². The number of nitrogens with one attached hydrogen (secondary N) is 1. The minimum absolute atomic E-state index is 0.0947. The lowest BCUT2D eigenvalue weighted by Crippen LogP contribution is -2.20. The van der Waals surface area contributed by atoms with Crippen LogP contribution in [0, 0.1) is 10.1 Å². The molecular weight excluding hydrogens is 606 g/mol. The SMILES string of the molecule is COc1ccc(-c2cc(-c3cc(OC)c(OC)c(OC)c3)nn2C(C)=O)cc1OCC(=O)Nc1nc2cc([N+](=O)[O-])ccc2s1. The number of non-ortho nitro benzene ring substituents is 1. The van der Waals surface area contributed by atoms with Gasteiger partial charge in [-0.15, -0.1) is 0 Å². The first kappa shape index (κ1) is 30.7. The molecule has 232 valence electrons. The minimum atomic E-state index is -0.510. The van der Waals surface area contributed by atoms with E-state index in [9.17, 15) is 19.7 Å². The molecule has 0 spiro atoms. The van der Waals surface area contributed by atoms with Crippen molar-refractivity contribution >= 4 is 44.2 Å². The van der Waals surface area contributed by atoms with Crippen molar-refractivity contribution in [3.63, 3.8) is 0 Å². The Labute approximate surface area is 260 Å². The van der Waals surface area contributed by atoms with Crippen LogP contribution in [0.5, 0.6) is 28.7 Å². The highest BCUT2D eigenvalue weighted by Gasteiger charge is 2.21. The molecule has 0 saturated heterocycles. The van der Waals surface area contributed by atoms with E-state index in [-0.39, 0.29) is 22.5 Å². The average molecular weight is 634 g/mol. The van der Waals surface area contributed by atoms with Crippen molar-refractivity contribution in [3.05, 3.63) is 64.7 Å². The summed E-state index contributed by atoms with van der Waals surface area (Å²) < 4.78 is 29.5. The van der Waals surface area contributed by atoms with E-state index < -0.39 is 17.4 Å². The maximum Gasteiger partial charge on any atom is 0.271 e. The van der Waals surface area contributed by atoms with E-state index in [0.717, 1.165) is 0 Å². The van der Waals surface area contributed by atoms with Crippen LogP contribution in [0.25, 0.3) is 32.7 Å². The van der Waals surface area contributed by atoms with Crippen LogP contribution in [0.4, 0.5) is 10.8 Å². The molecule has 1 N–H and O–H groups in total. The standard InChI is InChI=1S/C30H27N5O9S/c1-16(36)34-22(14-20(33-34)18-11-25(41-3)29(43-5)26(12-18)42-4)17-6-8-23(40-2)24(10-17)44-15-28(37)32-30-31-21-13-19(35(38)39)7-9-27(21)45-30/h6-14H,15H2,1-5H3,(H,31,32,37). The lowest BCUT2D eigenvalue weighted by Gasteiger charge is -2.13. The fraction of sp³-hybridized carbons (Fsp3) is 0.200. The molecule has 0 saturated carbocycles. The fourth-order valence-corrected chi connectivity index (χ4v) is 5.39. The van der Waals surface area contributed by atoms with E-state index in [2.05, 4.69) is 15.4 Å². The van der Waals surface area contributed by atoms with Crippen molar-refractivity contribution in [2.45, 2.75) is 6.92 Å². The summed E-state index contributed by atoms with van der Waals surface area (Å²) in [5.74, 6) is 1.04. The first-order chi connectivity index (χ1) is 21.6. The predicted molar refractivity (Wildman–Crippen MR) is 166 cm³/mol. The number of rotatable bonds is 11. The summed E-state index contributed by atoms with van der Waals surface area (Å²) in [7, 11) is 5.98. The average Bonchev–Trinajstić information content (AvgIpc) is 3.67. The number of fused-ring (bicyclic) bond motifs is 1. The summed E-state index contributed by atoms with van der Waals surface area (Å²) in [5, 5.41) is 18.5. The second-order valence-electron chi connectivity index (χ2n) is 9.39. The second-order valence-corrected chi connectivity index (χ2v) is 10.4. The highest BCUT2D eigenvalue weighted by Crippen LogP contribution is 2.42. The van der Waals surface area contributed by atoms with Gasteiger partial charge in [0.1, 0.15) is 0 Å². The van der Waals surface area contributed by atoms with Crippen LogP contribution in [0.3, 0.4) is 0 Å². The summed E-state index contributed by atoms with van der Waals surface area (Å²) in [6.07, 6.45) is 0. The number of methoxy groups -OCH3 is 4. The molecule has 5 aromatic rings. The number of aromatic nitrogens is 3. The number of hydrogen-bond donors (Lipinski definition) is 1. The summed E-state index contributed by atoms with van der Waals surface area (Å²) in [6, 6.07) is 14.5. The number of benzene rings is 3. The van der Waals surface area contributed by atoms with E-state index >= 15 is 0 Å². The zero-order valence-corrected chi connectivity index (χ0v) is 25.6. The van der Waals surface area contributed by atoms with Gasteiger partial charge in [-0.05, 0) is 42.5 Å². The van der Waals surface area contributed by atoms with Gasteiger partial charge in [-0.1, -0.05) is 11.3 Å². The van der Waals surface area contributed by atoms with E-state index in [0.29, 0.717) is 55.7 Å². The zero-order chi connectivity index (χ0) is 32.2. The lowest BCUT2D eigenvalue weighted by molar-refractivity contribution is -0.384. The molecule has 3 aromatic carbocycles. The zero-order valence-electron chi connectivity index (χ0n) is 24.8. The van der Waals surface area contributed by atoms with E-state index in [4.69, 9.17) is 23.7 Å². The largest absolute Gasteiger partial charge is 0.493 e. The number of nitrogens with zero attached hydrogens (tertiary/aromatic N) is 4. The molecule has 0 unspecified atom stereocenters. The van der Waals surface area contributed by atoms with Gasteiger partial charge in [0.25, 0.3) is 11.6 Å². The number of nitro benzene ring substituents is 1. The van der Waals surface area contributed by atoms with Gasteiger partial charge in [0.2, 0.25) is 11.7 Å². The van der Waals surface area contributed by atoms with Gasteiger partial charge < -0.3 is 23.7 Å². The fourth-order valence-electron chi connectivity index (χ4n) is 4.53. The molecule has 14 nitrogen and oxygen atoms in total. The number of thiazole rings is 1. The van der Waals surface area contributed by atoms with Crippen molar-refractivity contribution in [2.75, 3.05) is 40.4 Å². The van der Waals surface area contributed by atoms with Crippen LogP contribution >= 0.6 is 11.3 Å². The number of ether oxygens (including phenoxy) is 5. The van der Waals surface area contributed by atoms with Crippen molar-refractivity contribution in [1.29, 1.82) is 0 Å². The van der Waals surface area contributed by atoms with Crippen LogP contribution < -0.4 is 29.0 Å². The molecule has 0 bridgehead atoms. The Kier molecular flexibility index (Phi) is 8.81. The van der Waals surface area contributed by atoms with Crippen LogP contribution in [0.15, 0.2) is 54.6 Å². The van der Waals surface area contributed by atoms with Gasteiger partial charge >= 0.3 is 0 Å². The topological polar surface area (TPSA) is 166 Å². The molecule has 2 heterocycles. The normalized spacial score (nSPS) is 10.8. The third kappa shape index (κ3) is 6.33. The summed E-state index contributed by atoms with van der Waals surface area (Å²) in [5.41, 5.74) is 2.43. The van der Waals surface area contributed by atoms with E-state index in [1.54, 1.807) is 42.5 Å². The summed E-state index contributed by atoms with van der Waals surface area (Å²) in [4.78, 5) is 40.2. The molecule has 1 amide bonds. The Balaban J connectivity index is 1.40. The highest BCUT2D eigenvalue weighted by atomic mass is 32.1. The molecule has 0 atom stereocenters. The number of anilines is 1. The van der Waals surface area contributed by atoms with Crippen molar-refractivity contribution in [1.82, 2.24) is 14.8 Å². The number of nitro groups is 1. The third-order valence-corrected chi connectivity index (χ3v) is 7.57. The van der Waals surface area contributed by atoms with Gasteiger partial charge in [-0.3, -0.25) is 25.0 Å². The Morgan fingerprint density at radius 3 is 2.20 bits per heavy atom. The number of hydrogen-bond acceptors (Lipinski definition) is 12. The predicted octanol–water partition coefficient (Wildman–Crippen LogP) is 5.45. The first-order valence-electron chi connectivity index (χ1n) is 13.2. The Hall–Kier alpha value is -5.70. The van der Waals surface area contributed by atoms with Crippen molar-refractivity contribution < 1.29 is 38.2 Å². The van der Waals surface area contributed by atoms with Crippen LogP contribution in [-0.2, 0) is 4.79 Å². The Morgan fingerprint density at radius 1 is 0.889 bits per heavy atom. The van der Waals surface area contributed by atoms with E-state index in [1.807, 2.05) is 0 Å². The van der Waals surface area contributed by atoms with E-state index in [1.165, 1.54) is 63.5 Å². The monoisotopic (exact) mass is 633 g/mol. The number of amides is 1. The summed E-state index contributed by atoms with van der Waals surface area (Å²) in [6.45, 7) is 1.000. The molecule has 0 radical (unpaired) electrons. The van der Waals surface area contributed by atoms with Crippen LogP contribution in [-0.4, -0.2) is 66.5 Å². The van der Waals surface area contributed by atoms with Crippen molar-refractivity contribution in [3.8, 4) is 51.3 Å². The van der Waals surface area contributed by atoms with Gasteiger partial charge in [-0.25, -0.2) is 4.98 Å². The number of carbonyl (C=O) groups excluding carboxylic acids is 2. The highest BCUT2D eigenvalue weighted by molar-refractivity contribution is 7.22. The molecule has 5 rings (SSSR count). The lowest BCUT2D eigenvalue weighted by atomic mass is 10.1. The molecular formula is C30H27N5O9S. The Bertz CT molecular complexity index is 1910. The molecule has 2 aromatic heterocycles. The van der Waals surface area contributed by atoms with Gasteiger partial charge in [0, 0.05) is 30.2 Å². The molecule has 0 fully saturated rings. The third-order valence-electron chi connectivity index (χ3n) is 6.61. The smallest absolute Gasteiger partial charge is 0.271 e. The first-order valence-corrected chi connectivity index (χ1v) is 14.0. The van der Waals surface area contributed by atoms with Crippen molar-refractivity contribution in [2.24, 2.45) is 0 Å². The Morgan fingerprint density at radius 2 is 1.58 bits per heavy atom. The molecule has 0 aliphatic heterocycles. The van der Waals surface area contributed by atoms with Gasteiger partial charge in [0.15, 0.2) is 34.7 Å². The summed E-state index contributed by atoms with van der Waals surface area (Å²) >= 11 is 1.18. The molecule has 15 heteroatoms. The number of carbonyl (C=O) groups is 2. The molecule has 0 aliphatic carbocycles. The molecule has 45 heavy (non-hydrogen) atoms. The maximum absolute atomic E-state index is 12.7. The minimum Gasteiger partial charge on any atom is -0.493 e. The van der Waals surface area contributed by atoms with Crippen LogP contribution in [0.2, 0.25) is 0 Å².